The summed E-state index contributed by atoms with van der Waals surface area (Å²) in [6.45, 7) is 2.99. The maximum absolute atomic E-state index is 13.4. The molecule has 0 saturated carbocycles. The zero-order chi connectivity index (χ0) is 17.1. The number of halogens is 1. The van der Waals surface area contributed by atoms with E-state index in [0.29, 0.717) is 25.3 Å². The first-order valence-corrected chi connectivity index (χ1v) is 8.72. The molecule has 3 rings (SSSR count). The largest absolute Gasteiger partial charge is 0.493 e. The number of hydrogen-bond donors (Lipinski definition) is 2. The van der Waals surface area contributed by atoms with Crippen molar-refractivity contribution in [2.75, 3.05) is 13.2 Å². The van der Waals surface area contributed by atoms with Crippen LogP contribution in [0.4, 0.5) is 9.18 Å². The summed E-state index contributed by atoms with van der Waals surface area (Å²) in [5.41, 5.74) is 0.827. The smallest absolute Gasteiger partial charge is 0.318 e. The second-order valence-electron chi connectivity index (χ2n) is 6.75. The summed E-state index contributed by atoms with van der Waals surface area (Å²) in [5.74, 6) is 0.178. The molecule has 132 valence electrons. The second-order valence-corrected chi connectivity index (χ2v) is 6.75. The minimum Gasteiger partial charge on any atom is -0.493 e. The van der Waals surface area contributed by atoms with Crippen LogP contribution in [0.2, 0.25) is 0 Å². The summed E-state index contributed by atoms with van der Waals surface area (Å²) in [7, 11) is 0. The average Bonchev–Trinajstić information content (AvgIpc) is 2.89. The van der Waals surface area contributed by atoms with E-state index in [0.717, 1.165) is 31.2 Å². The van der Waals surface area contributed by atoms with E-state index in [9.17, 15) is 14.3 Å². The number of carbonyl (C=O) groups excluding carboxylic acids is 1. The van der Waals surface area contributed by atoms with Crippen LogP contribution < -0.4 is 10.1 Å². The van der Waals surface area contributed by atoms with Crippen LogP contribution in [-0.4, -0.2) is 41.3 Å². The van der Waals surface area contributed by atoms with Gasteiger partial charge in [0.25, 0.3) is 0 Å². The van der Waals surface area contributed by atoms with Crippen molar-refractivity contribution in [1.82, 2.24) is 10.2 Å². The third kappa shape index (κ3) is 3.80. The van der Waals surface area contributed by atoms with Crippen LogP contribution in [0, 0.1) is 5.82 Å². The summed E-state index contributed by atoms with van der Waals surface area (Å²) in [6.07, 6.45) is 3.63. The molecule has 2 N–H and O–H groups in total. The Balaban J connectivity index is 1.72. The number of carbonyl (C=O) groups is 1. The highest BCUT2D eigenvalue weighted by molar-refractivity contribution is 5.75. The lowest BCUT2D eigenvalue weighted by Crippen LogP contribution is -2.45. The Morgan fingerprint density at radius 1 is 1.46 bits per heavy atom. The van der Waals surface area contributed by atoms with Crippen molar-refractivity contribution >= 4 is 6.03 Å². The lowest BCUT2D eigenvalue weighted by molar-refractivity contribution is 0.137. The molecule has 2 amide bonds. The lowest BCUT2D eigenvalue weighted by Gasteiger charge is -2.28. The summed E-state index contributed by atoms with van der Waals surface area (Å²) >= 11 is 0. The molecule has 0 spiro atoms. The summed E-state index contributed by atoms with van der Waals surface area (Å²) in [4.78, 5) is 14.5. The Morgan fingerprint density at radius 2 is 2.29 bits per heavy atom. The Bertz CT molecular complexity index is 594. The molecule has 1 aromatic rings. The SMILES string of the molecule is CC(O)CC1CCCN1C(=O)NC1CCCOc2cc(F)ccc21. The topological polar surface area (TPSA) is 61.8 Å². The van der Waals surface area contributed by atoms with Gasteiger partial charge in [-0.1, -0.05) is 6.07 Å². The number of aliphatic hydroxyl groups excluding tert-OH is 1. The molecule has 24 heavy (non-hydrogen) atoms. The number of fused-ring (bicyclic) bond motifs is 1. The van der Waals surface area contributed by atoms with E-state index >= 15 is 0 Å². The zero-order valence-corrected chi connectivity index (χ0v) is 14.0. The number of nitrogens with one attached hydrogen (secondary N) is 1. The number of likely N-dealkylation sites (tertiary alicyclic amines) is 1. The first-order valence-electron chi connectivity index (χ1n) is 8.72. The highest BCUT2D eigenvalue weighted by Gasteiger charge is 2.31. The molecule has 6 heteroatoms. The maximum Gasteiger partial charge on any atom is 0.318 e. The minimum absolute atomic E-state index is 0.0831. The van der Waals surface area contributed by atoms with E-state index < -0.39 is 6.10 Å². The van der Waals surface area contributed by atoms with Crippen LogP contribution in [0.3, 0.4) is 0 Å². The van der Waals surface area contributed by atoms with Crippen LogP contribution in [0.1, 0.15) is 50.6 Å². The van der Waals surface area contributed by atoms with Gasteiger partial charge in [0.05, 0.1) is 18.8 Å². The van der Waals surface area contributed by atoms with Gasteiger partial charge in [-0.2, -0.15) is 0 Å². The van der Waals surface area contributed by atoms with E-state index in [1.165, 1.54) is 12.1 Å². The number of amides is 2. The molecule has 0 bridgehead atoms. The molecule has 3 atom stereocenters. The van der Waals surface area contributed by atoms with Crippen molar-refractivity contribution in [2.24, 2.45) is 0 Å². The maximum atomic E-state index is 13.4. The zero-order valence-electron chi connectivity index (χ0n) is 14.0. The van der Waals surface area contributed by atoms with E-state index in [1.54, 1.807) is 13.0 Å². The number of benzene rings is 1. The molecular formula is C18H25FN2O3. The molecule has 2 aliphatic heterocycles. The predicted octanol–water partition coefficient (Wildman–Crippen LogP) is 2.98. The van der Waals surface area contributed by atoms with Crippen LogP contribution in [0.5, 0.6) is 5.75 Å². The molecule has 1 fully saturated rings. The number of ether oxygens (including phenoxy) is 1. The van der Waals surface area contributed by atoms with Gasteiger partial charge in [0.2, 0.25) is 0 Å². The molecule has 1 aromatic carbocycles. The fraction of sp³-hybridized carbons (Fsp3) is 0.611. The Hall–Kier alpha value is -1.82. The molecule has 0 aliphatic carbocycles. The van der Waals surface area contributed by atoms with Crippen molar-refractivity contribution in [1.29, 1.82) is 0 Å². The summed E-state index contributed by atoms with van der Waals surface area (Å²) in [6, 6.07) is 4.27. The van der Waals surface area contributed by atoms with Crippen LogP contribution >= 0.6 is 0 Å². The van der Waals surface area contributed by atoms with E-state index in [-0.39, 0.29) is 23.9 Å². The van der Waals surface area contributed by atoms with Crippen molar-refractivity contribution in [2.45, 2.75) is 57.2 Å². The molecule has 2 aliphatic rings. The minimum atomic E-state index is -0.418. The Kier molecular flexibility index (Phi) is 5.23. The molecule has 0 aromatic heterocycles. The average molecular weight is 336 g/mol. The van der Waals surface area contributed by atoms with Crippen LogP contribution in [0.15, 0.2) is 18.2 Å². The van der Waals surface area contributed by atoms with Crippen molar-refractivity contribution in [3.05, 3.63) is 29.6 Å². The lowest BCUT2D eigenvalue weighted by atomic mass is 10.0. The summed E-state index contributed by atoms with van der Waals surface area (Å²) in [5, 5.41) is 12.7. The van der Waals surface area contributed by atoms with Gasteiger partial charge in [-0.25, -0.2) is 9.18 Å². The van der Waals surface area contributed by atoms with Crippen molar-refractivity contribution < 1.29 is 19.0 Å². The quantitative estimate of drug-likeness (QED) is 0.892. The third-order valence-corrected chi connectivity index (χ3v) is 4.79. The Morgan fingerprint density at radius 3 is 3.08 bits per heavy atom. The number of aliphatic hydroxyl groups is 1. The van der Waals surface area contributed by atoms with Crippen LogP contribution in [-0.2, 0) is 0 Å². The molecule has 1 saturated heterocycles. The second kappa shape index (κ2) is 7.38. The van der Waals surface area contributed by atoms with Gasteiger partial charge in [0.15, 0.2) is 0 Å². The molecule has 2 heterocycles. The van der Waals surface area contributed by atoms with Crippen LogP contribution in [0.25, 0.3) is 0 Å². The van der Waals surface area contributed by atoms with E-state index in [1.807, 2.05) is 4.90 Å². The van der Waals surface area contributed by atoms with E-state index in [2.05, 4.69) is 5.32 Å². The van der Waals surface area contributed by atoms with Crippen molar-refractivity contribution in [3.63, 3.8) is 0 Å². The standard InChI is InChI=1S/C18H25FN2O3/c1-12(22)10-14-4-2-8-21(14)18(23)20-16-5-3-9-24-17-11-13(19)6-7-15(16)17/h6-7,11-12,14,16,22H,2-5,8-10H2,1H3,(H,20,23). The fourth-order valence-electron chi connectivity index (χ4n) is 3.67. The van der Waals surface area contributed by atoms with Gasteiger partial charge < -0.3 is 20.1 Å². The predicted molar refractivity (Wildman–Crippen MR) is 88.4 cm³/mol. The Labute approximate surface area is 141 Å². The molecule has 5 nitrogen and oxygen atoms in total. The van der Waals surface area contributed by atoms with Crippen molar-refractivity contribution in [3.8, 4) is 5.75 Å². The highest BCUT2D eigenvalue weighted by Crippen LogP contribution is 2.32. The normalized spacial score (nSPS) is 24.7. The van der Waals surface area contributed by atoms with Gasteiger partial charge in [-0.3, -0.25) is 0 Å². The van der Waals surface area contributed by atoms with Gasteiger partial charge in [0, 0.05) is 24.2 Å². The number of rotatable bonds is 3. The molecule has 0 radical (unpaired) electrons. The monoisotopic (exact) mass is 336 g/mol. The number of hydrogen-bond acceptors (Lipinski definition) is 3. The molecular weight excluding hydrogens is 311 g/mol. The van der Waals surface area contributed by atoms with Gasteiger partial charge >= 0.3 is 6.03 Å². The first kappa shape index (κ1) is 17.0. The van der Waals surface area contributed by atoms with Gasteiger partial charge in [-0.15, -0.1) is 0 Å². The number of urea groups is 1. The third-order valence-electron chi connectivity index (χ3n) is 4.79. The highest BCUT2D eigenvalue weighted by atomic mass is 19.1. The summed E-state index contributed by atoms with van der Waals surface area (Å²) < 4.78 is 19.0. The number of nitrogens with zero attached hydrogens (tertiary/aromatic N) is 1. The van der Waals surface area contributed by atoms with Gasteiger partial charge in [0.1, 0.15) is 11.6 Å². The van der Waals surface area contributed by atoms with E-state index in [4.69, 9.17) is 4.74 Å². The van der Waals surface area contributed by atoms with Gasteiger partial charge in [-0.05, 0) is 45.1 Å². The molecule has 3 unspecified atom stereocenters. The first-order chi connectivity index (χ1) is 11.5. The fourth-order valence-corrected chi connectivity index (χ4v) is 3.67.